The second-order valence-electron chi connectivity index (χ2n) is 2.60. The number of anilines is 1. The van der Waals surface area contributed by atoms with E-state index in [1.54, 1.807) is 0 Å². The second-order valence-corrected chi connectivity index (χ2v) is 2.60. The van der Waals surface area contributed by atoms with Crippen molar-refractivity contribution in [1.29, 1.82) is 0 Å². The Bertz CT molecular complexity index is 362. The summed E-state index contributed by atoms with van der Waals surface area (Å²) in [7, 11) is 2.66. The Balaban J connectivity index is 3.27. The lowest BCUT2D eigenvalue weighted by Gasteiger charge is -2.08. The SMILES string of the molecule is COC(=O)c1cc(OC)cc(O)c1N. The van der Waals surface area contributed by atoms with Gasteiger partial charge < -0.3 is 20.3 Å². The summed E-state index contributed by atoms with van der Waals surface area (Å²) in [5.41, 5.74) is 5.55. The second kappa shape index (κ2) is 3.87. The van der Waals surface area contributed by atoms with Crippen LogP contribution in [0.25, 0.3) is 0 Å². The molecule has 76 valence electrons. The maximum atomic E-state index is 11.2. The third-order valence-corrected chi connectivity index (χ3v) is 1.77. The van der Waals surface area contributed by atoms with Gasteiger partial charge in [0, 0.05) is 6.07 Å². The molecule has 0 aromatic heterocycles. The van der Waals surface area contributed by atoms with Crippen LogP contribution in [0.1, 0.15) is 10.4 Å². The van der Waals surface area contributed by atoms with Gasteiger partial charge in [-0.1, -0.05) is 0 Å². The largest absolute Gasteiger partial charge is 0.506 e. The molecule has 0 aliphatic carbocycles. The highest BCUT2D eigenvalue weighted by atomic mass is 16.5. The van der Waals surface area contributed by atoms with Crippen LogP contribution in [-0.2, 0) is 4.74 Å². The summed E-state index contributed by atoms with van der Waals surface area (Å²) < 4.78 is 9.35. The summed E-state index contributed by atoms with van der Waals surface area (Å²) in [6, 6.07) is 2.72. The van der Waals surface area contributed by atoms with E-state index in [1.165, 1.54) is 26.4 Å². The normalized spacial score (nSPS) is 9.57. The summed E-state index contributed by atoms with van der Waals surface area (Å²) in [5.74, 6) is -0.474. The number of nitrogens with two attached hydrogens (primary N) is 1. The molecule has 0 aliphatic rings. The minimum absolute atomic E-state index is 0.0161. The zero-order valence-corrected chi connectivity index (χ0v) is 7.90. The number of hydrogen-bond donors (Lipinski definition) is 2. The fraction of sp³-hybridized carbons (Fsp3) is 0.222. The average Bonchev–Trinajstić information content (AvgIpc) is 2.20. The highest BCUT2D eigenvalue weighted by Gasteiger charge is 2.14. The number of aromatic hydroxyl groups is 1. The van der Waals surface area contributed by atoms with E-state index < -0.39 is 5.97 Å². The van der Waals surface area contributed by atoms with E-state index in [0.29, 0.717) is 5.75 Å². The van der Waals surface area contributed by atoms with Gasteiger partial charge in [0.1, 0.15) is 11.5 Å². The minimum atomic E-state index is -0.614. The van der Waals surface area contributed by atoms with Gasteiger partial charge in [0.25, 0.3) is 0 Å². The molecule has 0 saturated carbocycles. The van der Waals surface area contributed by atoms with Crippen LogP contribution >= 0.6 is 0 Å². The Morgan fingerprint density at radius 2 is 2.07 bits per heavy atom. The number of carbonyl (C=O) groups excluding carboxylic acids is 1. The predicted octanol–water partition coefficient (Wildman–Crippen LogP) is 0.770. The number of rotatable bonds is 2. The Kier molecular flexibility index (Phi) is 2.81. The van der Waals surface area contributed by atoms with Crippen molar-refractivity contribution in [3.05, 3.63) is 17.7 Å². The number of phenols is 1. The molecular weight excluding hydrogens is 186 g/mol. The van der Waals surface area contributed by atoms with Gasteiger partial charge in [-0.05, 0) is 6.07 Å². The van der Waals surface area contributed by atoms with Crippen molar-refractivity contribution in [2.75, 3.05) is 20.0 Å². The van der Waals surface area contributed by atoms with Crippen LogP contribution in [0.5, 0.6) is 11.5 Å². The van der Waals surface area contributed by atoms with Gasteiger partial charge in [-0.3, -0.25) is 0 Å². The van der Waals surface area contributed by atoms with Gasteiger partial charge >= 0.3 is 5.97 Å². The maximum absolute atomic E-state index is 11.2. The van der Waals surface area contributed by atoms with Gasteiger partial charge in [-0.2, -0.15) is 0 Å². The Morgan fingerprint density at radius 1 is 1.43 bits per heavy atom. The van der Waals surface area contributed by atoms with Gasteiger partial charge in [0.05, 0.1) is 25.5 Å². The maximum Gasteiger partial charge on any atom is 0.340 e. The van der Waals surface area contributed by atoms with Crippen molar-refractivity contribution in [1.82, 2.24) is 0 Å². The zero-order chi connectivity index (χ0) is 10.7. The topological polar surface area (TPSA) is 81.8 Å². The van der Waals surface area contributed by atoms with Crippen molar-refractivity contribution in [2.24, 2.45) is 0 Å². The molecule has 0 radical (unpaired) electrons. The monoisotopic (exact) mass is 197 g/mol. The zero-order valence-electron chi connectivity index (χ0n) is 7.90. The van der Waals surface area contributed by atoms with Gasteiger partial charge in [-0.25, -0.2) is 4.79 Å². The number of methoxy groups -OCH3 is 2. The lowest BCUT2D eigenvalue weighted by atomic mass is 10.1. The number of carbonyl (C=O) groups is 1. The Morgan fingerprint density at radius 3 is 2.57 bits per heavy atom. The summed E-state index contributed by atoms with van der Waals surface area (Å²) in [6.45, 7) is 0. The van der Waals surface area contributed by atoms with E-state index in [4.69, 9.17) is 10.5 Å². The third kappa shape index (κ3) is 1.71. The van der Waals surface area contributed by atoms with Crippen LogP contribution in [0.3, 0.4) is 0 Å². The molecular formula is C9H11NO4. The molecule has 1 aromatic carbocycles. The van der Waals surface area contributed by atoms with E-state index in [1.807, 2.05) is 0 Å². The molecule has 0 fully saturated rings. The smallest absolute Gasteiger partial charge is 0.340 e. The van der Waals surface area contributed by atoms with Crippen LogP contribution in [0.15, 0.2) is 12.1 Å². The Hall–Kier alpha value is -1.91. The number of ether oxygens (including phenoxy) is 2. The van der Waals surface area contributed by atoms with E-state index in [2.05, 4.69) is 4.74 Å². The summed E-state index contributed by atoms with van der Waals surface area (Å²) in [5, 5.41) is 9.34. The molecule has 0 bridgehead atoms. The van der Waals surface area contributed by atoms with E-state index >= 15 is 0 Å². The van der Waals surface area contributed by atoms with Crippen LogP contribution in [0.4, 0.5) is 5.69 Å². The summed E-state index contributed by atoms with van der Waals surface area (Å²) in [6.07, 6.45) is 0. The lowest BCUT2D eigenvalue weighted by Crippen LogP contribution is -2.06. The van der Waals surface area contributed by atoms with Crippen molar-refractivity contribution >= 4 is 11.7 Å². The standard InChI is InChI=1S/C9H11NO4/c1-13-5-3-6(9(12)14-2)8(10)7(11)4-5/h3-4,11H,10H2,1-2H3. The quantitative estimate of drug-likeness (QED) is 0.415. The van der Waals surface area contributed by atoms with Crippen LogP contribution < -0.4 is 10.5 Å². The molecule has 0 aliphatic heterocycles. The summed E-state index contributed by atoms with van der Waals surface area (Å²) >= 11 is 0. The number of hydrogen-bond acceptors (Lipinski definition) is 5. The highest BCUT2D eigenvalue weighted by molar-refractivity contribution is 5.97. The first-order chi connectivity index (χ1) is 6.60. The molecule has 1 rings (SSSR count). The molecule has 1 aromatic rings. The molecule has 5 heteroatoms. The molecule has 0 unspecified atom stereocenters. The molecule has 5 nitrogen and oxygen atoms in total. The molecule has 3 N–H and O–H groups in total. The first-order valence-electron chi connectivity index (χ1n) is 3.85. The van der Waals surface area contributed by atoms with E-state index in [9.17, 15) is 9.90 Å². The number of nitrogen functional groups attached to an aromatic ring is 1. The third-order valence-electron chi connectivity index (χ3n) is 1.77. The summed E-state index contributed by atoms with van der Waals surface area (Å²) in [4.78, 5) is 11.2. The first-order valence-corrected chi connectivity index (χ1v) is 3.85. The fourth-order valence-corrected chi connectivity index (χ4v) is 1.01. The molecule has 0 saturated heterocycles. The molecule has 0 atom stereocenters. The first kappa shape index (κ1) is 10.2. The average molecular weight is 197 g/mol. The Labute approximate surface area is 81.0 Å². The van der Waals surface area contributed by atoms with Gasteiger partial charge in [0.2, 0.25) is 0 Å². The molecule has 0 heterocycles. The van der Waals surface area contributed by atoms with Crippen LogP contribution in [-0.4, -0.2) is 25.3 Å². The van der Waals surface area contributed by atoms with Gasteiger partial charge in [0.15, 0.2) is 0 Å². The van der Waals surface area contributed by atoms with Gasteiger partial charge in [-0.15, -0.1) is 0 Å². The molecule has 0 spiro atoms. The van der Waals surface area contributed by atoms with Crippen molar-refractivity contribution < 1.29 is 19.4 Å². The predicted molar refractivity (Wildman–Crippen MR) is 50.4 cm³/mol. The molecule has 14 heavy (non-hydrogen) atoms. The fourth-order valence-electron chi connectivity index (χ4n) is 1.01. The van der Waals surface area contributed by atoms with Crippen molar-refractivity contribution in [3.8, 4) is 11.5 Å². The number of phenolic OH excluding ortho intramolecular Hbond substituents is 1. The molecule has 0 amide bonds. The van der Waals surface area contributed by atoms with Crippen molar-refractivity contribution in [2.45, 2.75) is 0 Å². The minimum Gasteiger partial charge on any atom is -0.506 e. The van der Waals surface area contributed by atoms with Crippen molar-refractivity contribution in [3.63, 3.8) is 0 Å². The van der Waals surface area contributed by atoms with Crippen LogP contribution in [0, 0.1) is 0 Å². The van der Waals surface area contributed by atoms with Crippen LogP contribution in [0.2, 0.25) is 0 Å². The number of esters is 1. The number of benzene rings is 1. The lowest BCUT2D eigenvalue weighted by molar-refractivity contribution is 0.0601. The van der Waals surface area contributed by atoms with E-state index in [0.717, 1.165) is 0 Å². The van der Waals surface area contributed by atoms with E-state index in [-0.39, 0.29) is 17.0 Å². The highest BCUT2D eigenvalue weighted by Crippen LogP contribution is 2.30.